The molecule has 0 atom stereocenters. The number of aromatic nitrogens is 2. The van der Waals surface area contributed by atoms with Crippen LogP contribution in [0.3, 0.4) is 0 Å². The molecule has 2 N–H and O–H groups in total. The molecule has 1 heterocycles. The molecule has 64 valence electrons. The second-order valence-corrected chi connectivity index (χ2v) is 2.78. The fourth-order valence-corrected chi connectivity index (χ4v) is 1.39. The molecule has 0 radical (unpaired) electrons. The number of imidazole rings is 1. The van der Waals surface area contributed by atoms with E-state index < -0.39 is 0 Å². The molecule has 2 aromatic rings. The van der Waals surface area contributed by atoms with E-state index in [0.29, 0.717) is 12.2 Å². The molecule has 0 amide bonds. The average Bonchev–Trinajstić information content (AvgIpc) is 2.44. The van der Waals surface area contributed by atoms with Crippen molar-refractivity contribution in [3.05, 3.63) is 29.9 Å². The molecule has 2 rings (SSSR count). The van der Waals surface area contributed by atoms with Gasteiger partial charge in [0.25, 0.3) is 0 Å². The lowest BCUT2D eigenvalue weighted by Gasteiger charge is -1.96. The summed E-state index contributed by atoms with van der Waals surface area (Å²) in [6.07, 6.45) is 5.21. The molecule has 13 heavy (non-hydrogen) atoms. The zero-order valence-corrected chi connectivity index (χ0v) is 7.04. The summed E-state index contributed by atoms with van der Waals surface area (Å²) in [4.78, 5) is 2.95. The van der Waals surface area contributed by atoms with Crippen LogP contribution in [0.4, 0.5) is 0 Å². The molecule has 3 nitrogen and oxygen atoms in total. The Labute approximate surface area is 75.5 Å². The summed E-state index contributed by atoms with van der Waals surface area (Å²) < 4.78 is 1.76. The monoisotopic (exact) mass is 171 g/mol. The molecule has 0 fully saturated rings. The molecule has 0 aliphatic rings. The highest BCUT2D eigenvalue weighted by atomic mass is 15.1. The van der Waals surface area contributed by atoms with Crippen molar-refractivity contribution in [1.29, 1.82) is 5.41 Å². The van der Waals surface area contributed by atoms with Gasteiger partial charge in [-0.05, 0) is 12.1 Å². The summed E-state index contributed by atoms with van der Waals surface area (Å²) in [6.45, 7) is 0.433. The SMILES string of the molecule is C#CCn1c(=N)[nH]c2ccccc21. The van der Waals surface area contributed by atoms with Crippen LogP contribution in [0, 0.1) is 17.8 Å². The van der Waals surface area contributed by atoms with Crippen molar-refractivity contribution in [1.82, 2.24) is 9.55 Å². The standard InChI is InChI=1S/C10H9N3/c1-2-7-13-9-6-4-3-5-8(9)12-10(13)11/h1,3-6H,7H2,(H2,11,12). The summed E-state index contributed by atoms with van der Waals surface area (Å²) in [5.41, 5.74) is 2.27. The predicted molar refractivity (Wildman–Crippen MR) is 51.0 cm³/mol. The molecular formula is C10H9N3. The number of hydrogen-bond donors (Lipinski definition) is 2. The maximum Gasteiger partial charge on any atom is 0.201 e. The third-order valence-corrected chi connectivity index (χ3v) is 1.97. The van der Waals surface area contributed by atoms with Crippen molar-refractivity contribution < 1.29 is 0 Å². The Morgan fingerprint density at radius 3 is 3.00 bits per heavy atom. The molecule has 0 unspecified atom stereocenters. The van der Waals surface area contributed by atoms with Crippen LogP contribution in [0.5, 0.6) is 0 Å². The Bertz CT molecular complexity index is 525. The highest BCUT2D eigenvalue weighted by Crippen LogP contribution is 2.07. The molecule has 0 aliphatic carbocycles. The van der Waals surface area contributed by atoms with E-state index in [2.05, 4.69) is 10.9 Å². The zero-order chi connectivity index (χ0) is 9.26. The molecule has 0 saturated heterocycles. The number of nitrogens with zero attached hydrogens (tertiary/aromatic N) is 1. The van der Waals surface area contributed by atoms with Crippen LogP contribution >= 0.6 is 0 Å². The van der Waals surface area contributed by atoms with Gasteiger partial charge in [0.05, 0.1) is 17.6 Å². The Hall–Kier alpha value is -1.95. The zero-order valence-electron chi connectivity index (χ0n) is 7.04. The Morgan fingerprint density at radius 2 is 2.23 bits per heavy atom. The van der Waals surface area contributed by atoms with E-state index >= 15 is 0 Å². The van der Waals surface area contributed by atoms with Gasteiger partial charge in [0.15, 0.2) is 0 Å². The predicted octanol–water partition coefficient (Wildman–Crippen LogP) is 1.08. The molecule has 1 aromatic heterocycles. The quantitative estimate of drug-likeness (QED) is 0.603. The minimum Gasteiger partial charge on any atom is -0.324 e. The van der Waals surface area contributed by atoms with Gasteiger partial charge < -0.3 is 4.98 Å². The van der Waals surface area contributed by atoms with Crippen LogP contribution in [0.15, 0.2) is 24.3 Å². The van der Waals surface area contributed by atoms with Gasteiger partial charge in [-0.25, -0.2) is 0 Å². The van der Waals surface area contributed by atoms with E-state index in [1.54, 1.807) is 4.57 Å². The van der Waals surface area contributed by atoms with Gasteiger partial charge in [-0.3, -0.25) is 9.98 Å². The van der Waals surface area contributed by atoms with Gasteiger partial charge in [0.1, 0.15) is 0 Å². The number of H-pyrrole nitrogens is 1. The second kappa shape index (κ2) is 2.83. The third kappa shape index (κ3) is 1.13. The smallest absolute Gasteiger partial charge is 0.201 e. The van der Waals surface area contributed by atoms with E-state index in [9.17, 15) is 0 Å². The van der Waals surface area contributed by atoms with E-state index in [0.717, 1.165) is 11.0 Å². The fraction of sp³-hybridized carbons (Fsp3) is 0.100. The van der Waals surface area contributed by atoms with Gasteiger partial charge >= 0.3 is 0 Å². The minimum atomic E-state index is 0.346. The molecule has 3 heteroatoms. The number of benzene rings is 1. The summed E-state index contributed by atoms with van der Waals surface area (Å²) >= 11 is 0. The molecule has 0 spiro atoms. The highest BCUT2D eigenvalue weighted by molar-refractivity contribution is 5.74. The minimum absolute atomic E-state index is 0.346. The number of fused-ring (bicyclic) bond motifs is 1. The highest BCUT2D eigenvalue weighted by Gasteiger charge is 2.00. The molecule has 0 bridgehead atoms. The van der Waals surface area contributed by atoms with Crippen molar-refractivity contribution in [2.45, 2.75) is 6.54 Å². The Balaban J connectivity index is 2.80. The van der Waals surface area contributed by atoms with E-state index in [1.807, 2.05) is 24.3 Å². The van der Waals surface area contributed by atoms with Crippen LogP contribution in [0.2, 0.25) is 0 Å². The summed E-state index contributed by atoms with van der Waals surface area (Å²) in [5.74, 6) is 2.53. The molecule has 0 aliphatic heterocycles. The Morgan fingerprint density at radius 1 is 1.46 bits per heavy atom. The fourth-order valence-electron chi connectivity index (χ4n) is 1.39. The average molecular weight is 171 g/mol. The first kappa shape index (κ1) is 7.69. The van der Waals surface area contributed by atoms with Crippen LogP contribution in [-0.2, 0) is 6.54 Å². The van der Waals surface area contributed by atoms with E-state index in [-0.39, 0.29) is 0 Å². The topological polar surface area (TPSA) is 44.6 Å². The van der Waals surface area contributed by atoms with Crippen molar-refractivity contribution >= 4 is 11.0 Å². The lowest BCUT2D eigenvalue weighted by atomic mass is 10.3. The van der Waals surface area contributed by atoms with Crippen molar-refractivity contribution in [2.75, 3.05) is 0 Å². The lowest BCUT2D eigenvalue weighted by Crippen LogP contribution is -2.15. The molecule has 0 saturated carbocycles. The van der Waals surface area contributed by atoms with Crippen LogP contribution < -0.4 is 5.62 Å². The molecular weight excluding hydrogens is 162 g/mol. The first-order valence-electron chi connectivity index (χ1n) is 3.98. The van der Waals surface area contributed by atoms with Crippen LogP contribution in [-0.4, -0.2) is 9.55 Å². The third-order valence-electron chi connectivity index (χ3n) is 1.97. The van der Waals surface area contributed by atoms with Gasteiger partial charge in [-0.1, -0.05) is 18.1 Å². The lowest BCUT2D eigenvalue weighted by molar-refractivity contribution is 0.783. The van der Waals surface area contributed by atoms with Gasteiger partial charge in [-0.15, -0.1) is 6.42 Å². The summed E-state index contributed by atoms with van der Waals surface area (Å²) in [7, 11) is 0. The van der Waals surface area contributed by atoms with E-state index in [4.69, 9.17) is 11.8 Å². The number of nitrogens with one attached hydrogen (secondary N) is 2. The van der Waals surface area contributed by atoms with Crippen molar-refractivity contribution in [2.24, 2.45) is 0 Å². The van der Waals surface area contributed by atoms with Gasteiger partial charge in [0.2, 0.25) is 5.62 Å². The maximum absolute atomic E-state index is 7.61. The summed E-state index contributed by atoms with van der Waals surface area (Å²) in [6, 6.07) is 7.74. The van der Waals surface area contributed by atoms with Gasteiger partial charge in [-0.2, -0.15) is 0 Å². The number of terminal acetylenes is 1. The molecule has 1 aromatic carbocycles. The Kier molecular flexibility index (Phi) is 1.67. The van der Waals surface area contributed by atoms with Gasteiger partial charge in [0, 0.05) is 0 Å². The van der Waals surface area contributed by atoms with Crippen LogP contribution in [0.1, 0.15) is 0 Å². The number of rotatable bonds is 1. The van der Waals surface area contributed by atoms with Crippen molar-refractivity contribution in [3.8, 4) is 12.3 Å². The van der Waals surface area contributed by atoms with Crippen molar-refractivity contribution in [3.63, 3.8) is 0 Å². The first-order chi connectivity index (χ1) is 6.33. The first-order valence-corrected chi connectivity index (χ1v) is 3.98. The second-order valence-electron chi connectivity index (χ2n) is 2.78. The number of aromatic amines is 1. The van der Waals surface area contributed by atoms with E-state index in [1.165, 1.54) is 0 Å². The normalized spacial score (nSPS) is 10.1. The maximum atomic E-state index is 7.61. The summed E-state index contributed by atoms with van der Waals surface area (Å²) in [5, 5.41) is 7.61. The number of para-hydroxylation sites is 2. The number of hydrogen-bond acceptors (Lipinski definition) is 1. The largest absolute Gasteiger partial charge is 0.324 e. The van der Waals surface area contributed by atoms with Crippen LogP contribution in [0.25, 0.3) is 11.0 Å².